The zero-order chi connectivity index (χ0) is 11.8. The van der Waals surface area contributed by atoms with Crippen molar-refractivity contribution >= 4 is 39.1 Å². The van der Waals surface area contributed by atoms with Crippen molar-refractivity contribution in [1.82, 2.24) is 0 Å². The quantitative estimate of drug-likeness (QED) is 0.662. The minimum Gasteiger partial charge on any atom is -0.373 e. The Morgan fingerprint density at radius 2 is 1.56 bits per heavy atom. The third-order valence-electron chi connectivity index (χ3n) is 3.12. The molecule has 0 N–H and O–H groups in total. The highest BCUT2D eigenvalue weighted by Crippen LogP contribution is 2.23. The first-order chi connectivity index (χ1) is 7.77. The molecule has 0 radical (unpaired) electrons. The van der Waals surface area contributed by atoms with Crippen molar-refractivity contribution < 1.29 is 4.74 Å². The molecular weight excluding hydrogens is 311 g/mol. The van der Waals surface area contributed by atoms with Crippen molar-refractivity contribution in [2.75, 3.05) is 11.8 Å². The van der Waals surface area contributed by atoms with Crippen LogP contribution in [0.5, 0.6) is 0 Å². The average Bonchev–Trinajstić information content (AvgIpc) is 2.27. The smallest absolute Gasteiger partial charge is 0.0850 e. The summed E-state index contributed by atoms with van der Waals surface area (Å²) in [5, 5.41) is 0. The monoisotopic (exact) mass is 330 g/mol. The number of ether oxygens (including phenoxy) is 1. The Labute approximate surface area is 117 Å². The van der Waals surface area contributed by atoms with Gasteiger partial charge in [-0.15, -0.1) is 23.2 Å². The second-order valence-electron chi connectivity index (χ2n) is 4.47. The number of rotatable bonds is 5. The van der Waals surface area contributed by atoms with Crippen LogP contribution in [0, 0.1) is 0 Å². The fourth-order valence-corrected chi connectivity index (χ4v) is 3.13. The molecule has 96 valence electrons. The van der Waals surface area contributed by atoms with Crippen LogP contribution >= 0.6 is 39.1 Å². The zero-order valence-electron chi connectivity index (χ0n) is 9.64. The topological polar surface area (TPSA) is 9.23 Å². The fraction of sp³-hybridized carbons (Fsp3) is 1.00. The van der Waals surface area contributed by atoms with E-state index in [-0.39, 0.29) is 10.9 Å². The summed E-state index contributed by atoms with van der Waals surface area (Å²) in [5.41, 5.74) is 0. The first kappa shape index (κ1) is 15.1. The molecule has 0 amide bonds. The highest BCUT2D eigenvalue weighted by atomic mass is 79.9. The van der Waals surface area contributed by atoms with Gasteiger partial charge in [0.2, 0.25) is 0 Å². The van der Waals surface area contributed by atoms with Crippen molar-refractivity contribution in [3.05, 3.63) is 0 Å². The molecule has 1 aliphatic carbocycles. The molecule has 2 unspecified atom stereocenters. The maximum absolute atomic E-state index is 6.07. The van der Waals surface area contributed by atoms with Crippen molar-refractivity contribution in [3.8, 4) is 0 Å². The van der Waals surface area contributed by atoms with E-state index in [1.54, 1.807) is 0 Å². The molecule has 1 fully saturated rings. The standard InChI is InChI=1S/C12H21BrCl2O/c13-11(8-14)12(9-15)16-10-6-4-2-1-3-5-7-10/h10-12H,1-9H2. The average molecular weight is 332 g/mol. The molecule has 1 rings (SSSR count). The molecular formula is C12H21BrCl2O. The Bertz CT molecular complexity index is 172. The summed E-state index contributed by atoms with van der Waals surface area (Å²) in [4.78, 5) is 0.164. The molecule has 0 bridgehead atoms. The number of halogens is 3. The molecule has 0 spiro atoms. The van der Waals surface area contributed by atoms with Crippen molar-refractivity contribution in [2.45, 2.75) is 62.0 Å². The summed E-state index contributed by atoms with van der Waals surface area (Å²) in [5.74, 6) is 1.06. The SMILES string of the molecule is ClCC(Br)C(CCl)OC1CCCCCCC1. The summed E-state index contributed by atoms with van der Waals surface area (Å²) in [6.07, 6.45) is 9.42. The molecule has 1 saturated carbocycles. The van der Waals surface area contributed by atoms with Gasteiger partial charge in [0.25, 0.3) is 0 Å². The Morgan fingerprint density at radius 1 is 1.00 bits per heavy atom. The van der Waals surface area contributed by atoms with Crippen LogP contribution in [0.1, 0.15) is 44.9 Å². The molecule has 0 saturated heterocycles. The van der Waals surface area contributed by atoms with Crippen molar-refractivity contribution in [3.63, 3.8) is 0 Å². The highest BCUT2D eigenvalue weighted by Gasteiger charge is 2.22. The minimum absolute atomic E-state index is 0.0450. The Balaban J connectivity index is 2.36. The maximum Gasteiger partial charge on any atom is 0.0850 e. The highest BCUT2D eigenvalue weighted by molar-refractivity contribution is 9.09. The second-order valence-corrected chi connectivity index (χ2v) is 6.26. The Kier molecular flexibility index (Phi) is 8.50. The van der Waals surface area contributed by atoms with Crippen LogP contribution in [0.2, 0.25) is 0 Å². The van der Waals surface area contributed by atoms with Crippen LogP contribution in [0.4, 0.5) is 0 Å². The first-order valence-corrected chi connectivity index (χ1v) is 8.18. The summed E-state index contributed by atoms with van der Waals surface area (Å²) < 4.78 is 6.07. The van der Waals surface area contributed by atoms with Gasteiger partial charge in [-0.2, -0.15) is 0 Å². The fourth-order valence-electron chi connectivity index (χ4n) is 2.12. The van der Waals surface area contributed by atoms with Crippen LogP contribution in [0.3, 0.4) is 0 Å². The maximum atomic E-state index is 6.07. The molecule has 0 aromatic carbocycles. The molecule has 0 aliphatic heterocycles. The van der Waals surface area contributed by atoms with Gasteiger partial charge in [0, 0.05) is 11.8 Å². The van der Waals surface area contributed by atoms with Gasteiger partial charge in [-0.1, -0.05) is 48.0 Å². The van der Waals surface area contributed by atoms with Gasteiger partial charge in [-0.05, 0) is 12.8 Å². The van der Waals surface area contributed by atoms with E-state index >= 15 is 0 Å². The lowest BCUT2D eigenvalue weighted by Crippen LogP contribution is -2.32. The third-order valence-corrected chi connectivity index (χ3v) is 5.05. The number of alkyl halides is 3. The molecule has 16 heavy (non-hydrogen) atoms. The predicted molar refractivity (Wildman–Crippen MR) is 75.1 cm³/mol. The van der Waals surface area contributed by atoms with Crippen LogP contribution in [0.15, 0.2) is 0 Å². The molecule has 4 heteroatoms. The first-order valence-electron chi connectivity index (χ1n) is 6.19. The van der Waals surface area contributed by atoms with Crippen molar-refractivity contribution in [1.29, 1.82) is 0 Å². The third kappa shape index (κ3) is 5.57. The van der Waals surface area contributed by atoms with Crippen LogP contribution in [-0.2, 0) is 4.74 Å². The van der Waals surface area contributed by atoms with Gasteiger partial charge >= 0.3 is 0 Å². The molecule has 0 aromatic heterocycles. The van der Waals surface area contributed by atoms with Crippen LogP contribution < -0.4 is 0 Å². The largest absolute Gasteiger partial charge is 0.373 e. The summed E-state index contributed by atoms with van der Waals surface area (Å²) in [6, 6.07) is 0. The van der Waals surface area contributed by atoms with Gasteiger partial charge in [-0.3, -0.25) is 0 Å². The van der Waals surface area contributed by atoms with E-state index in [1.807, 2.05) is 0 Å². The molecule has 0 aromatic rings. The number of hydrogen-bond acceptors (Lipinski definition) is 1. The van der Waals surface area contributed by atoms with E-state index in [1.165, 1.54) is 44.9 Å². The summed E-state index contributed by atoms with van der Waals surface area (Å²) in [7, 11) is 0. The van der Waals surface area contributed by atoms with E-state index in [2.05, 4.69) is 15.9 Å². The van der Waals surface area contributed by atoms with Crippen LogP contribution in [0.25, 0.3) is 0 Å². The Morgan fingerprint density at radius 3 is 2.06 bits per heavy atom. The van der Waals surface area contributed by atoms with E-state index in [4.69, 9.17) is 27.9 Å². The van der Waals surface area contributed by atoms with E-state index < -0.39 is 0 Å². The van der Waals surface area contributed by atoms with Crippen LogP contribution in [-0.4, -0.2) is 28.8 Å². The molecule has 0 heterocycles. The van der Waals surface area contributed by atoms with Gasteiger partial charge in [0.15, 0.2) is 0 Å². The normalized spacial score (nSPS) is 23.4. The van der Waals surface area contributed by atoms with Crippen molar-refractivity contribution in [2.24, 2.45) is 0 Å². The second kappa shape index (κ2) is 9.02. The van der Waals surface area contributed by atoms with E-state index in [9.17, 15) is 0 Å². The summed E-state index contributed by atoms with van der Waals surface area (Å²) >= 11 is 15.3. The number of hydrogen-bond donors (Lipinski definition) is 0. The summed E-state index contributed by atoms with van der Waals surface area (Å²) in [6.45, 7) is 0. The lowest BCUT2D eigenvalue weighted by Gasteiger charge is -2.27. The predicted octanol–water partition coefficient (Wildman–Crippen LogP) is 4.73. The van der Waals surface area contributed by atoms with Gasteiger partial charge in [-0.25, -0.2) is 0 Å². The minimum atomic E-state index is 0.0450. The van der Waals surface area contributed by atoms with Gasteiger partial charge in [0.1, 0.15) is 0 Å². The van der Waals surface area contributed by atoms with Gasteiger partial charge < -0.3 is 4.74 Å². The molecule has 2 atom stereocenters. The van der Waals surface area contributed by atoms with E-state index in [0.29, 0.717) is 17.9 Å². The zero-order valence-corrected chi connectivity index (χ0v) is 12.7. The molecule has 1 nitrogen and oxygen atoms in total. The molecule has 1 aliphatic rings. The lowest BCUT2D eigenvalue weighted by atomic mass is 9.98. The Hall–Kier alpha value is 1.02. The van der Waals surface area contributed by atoms with Gasteiger partial charge in [0.05, 0.1) is 17.0 Å². The van der Waals surface area contributed by atoms with E-state index in [0.717, 1.165) is 0 Å². The lowest BCUT2D eigenvalue weighted by molar-refractivity contribution is -0.0110.